The third-order valence-corrected chi connectivity index (χ3v) is 14.8. The molecule has 3 aliphatic heterocycles. The second-order valence-corrected chi connectivity index (χ2v) is 20.6. The highest BCUT2D eigenvalue weighted by atomic mass is 32.2. The van der Waals surface area contributed by atoms with E-state index in [-0.39, 0.29) is 139 Å². The summed E-state index contributed by atoms with van der Waals surface area (Å²) in [6, 6.07) is 8.27. The molecule has 3 heterocycles. The number of methoxy groups -OCH3 is 1. The third-order valence-electron chi connectivity index (χ3n) is 13.3. The highest BCUT2D eigenvalue weighted by Gasteiger charge is 2.40. The second kappa shape index (κ2) is 33.2. The fourth-order valence-corrected chi connectivity index (χ4v) is 10.5. The molecule has 404 valence electrons. The molecule has 22 heteroatoms. The minimum Gasteiger partial charge on any atom is -0.480 e. The van der Waals surface area contributed by atoms with E-state index in [4.69, 9.17) is 4.74 Å². The van der Waals surface area contributed by atoms with Crippen LogP contribution in [0.25, 0.3) is 0 Å². The number of carboxylic acid groups (broad SMARTS) is 3. The van der Waals surface area contributed by atoms with Crippen LogP contribution in [0.15, 0.2) is 24.3 Å². The van der Waals surface area contributed by atoms with Crippen LogP contribution in [0.4, 0.5) is 0 Å². The van der Waals surface area contributed by atoms with Gasteiger partial charge in [0.25, 0.3) is 0 Å². The number of nitrogens with one attached hydrogen (secondary N) is 2. The van der Waals surface area contributed by atoms with Gasteiger partial charge in [0.05, 0.1) is 31.4 Å². The number of rotatable bonds is 30. The van der Waals surface area contributed by atoms with E-state index in [0.29, 0.717) is 51.7 Å². The van der Waals surface area contributed by atoms with Crippen LogP contribution in [0.1, 0.15) is 75.3 Å². The Bertz CT molecular complexity index is 1860. The fourth-order valence-electron chi connectivity index (χ4n) is 9.09. The lowest BCUT2D eigenvalue weighted by molar-refractivity contribution is -0.140. The first kappa shape index (κ1) is 59.8. The molecule has 1 aromatic carbocycles. The van der Waals surface area contributed by atoms with E-state index in [0.717, 1.165) is 51.9 Å². The minimum atomic E-state index is -1.05. The number of imide groups is 1. The Hall–Kier alpha value is -4.71. The standard InChI is InChI=1S/C50H81N9O12S/c1-39-13-15-40(16-14-39)9-7-11-43(60)51-17-4-3-10-41(72-42-33-46(63)59(50(42)70)19-8-12-45(62)58-30-28-53(29-31-58)18-5-6-32-71-2)34-52-44(61)35-54-20-22-55(36-47(64)65)24-26-57(38-49(68)69)27-25-56(23-21-54)37-48(66)67/h13-16,41-42H,3-12,17-38H2,1-2H3,(H,51,60)(H,52,61)(H,64,65)(H,66,67)(H,68,69). The van der Waals surface area contributed by atoms with Crippen molar-refractivity contribution in [2.45, 2.75) is 88.1 Å². The van der Waals surface area contributed by atoms with Crippen LogP contribution in [-0.4, -0.2) is 252 Å². The highest BCUT2D eigenvalue weighted by molar-refractivity contribution is 8.01. The molecule has 21 nitrogen and oxygen atoms in total. The number of piperazine rings is 1. The first-order valence-electron chi connectivity index (χ1n) is 25.7. The van der Waals surface area contributed by atoms with Gasteiger partial charge in [0, 0.05) is 136 Å². The molecule has 4 rings (SSSR count). The molecule has 0 bridgehead atoms. The Morgan fingerprint density at radius 2 is 1.19 bits per heavy atom. The predicted octanol–water partition coefficient (Wildman–Crippen LogP) is 0.776. The maximum atomic E-state index is 13.8. The number of amides is 5. The van der Waals surface area contributed by atoms with Gasteiger partial charge in [-0.05, 0) is 64.0 Å². The maximum Gasteiger partial charge on any atom is 0.317 e. The normalized spacial score (nSPS) is 18.9. The highest BCUT2D eigenvalue weighted by Crippen LogP contribution is 2.31. The van der Waals surface area contributed by atoms with Crippen molar-refractivity contribution in [2.24, 2.45) is 0 Å². The van der Waals surface area contributed by atoms with Crippen molar-refractivity contribution in [1.82, 2.24) is 44.9 Å². The summed E-state index contributed by atoms with van der Waals surface area (Å²) in [7, 11) is 1.70. The number of ether oxygens (including phenoxy) is 1. The lowest BCUT2D eigenvalue weighted by Crippen LogP contribution is -2.50. The van der Waals surface area contributed by atoms with Gasteiger partial charge in [0.1, 0.15) is 0 Å². The van der Waals surface area contributed by atoms with Crippen LogP contribution in [0.2, 0.25) is 0 Å². The van der Waals surface area contributed by atoms with Crippen molar-refractivity contribution < 1.29 is 58.4 Å². The third kappa shape index (κ3) is 23.9. The molecule has 3 fully saturated rings. The fraction of sp³-hybridized carbons (Fsp3) is 0.720. The molecule has 0 saturated carbocycles. The van der Waals surface area contributed by atoms with Gasteiger partial charge in [0.2, 0.25) is 29.5 Å². The zero-order chi connectivity index (χ0) is 52.3. The van der Waals surface area contributed by atoms with E-state index in [1.807, 2.05) is 16.7 Å². The number of carbonyl (C=O) groups excluding carboxylic acids is 5. The molecule has 72 heavy (non-hydrogen) atoms. The summed E-state index contributed by atoms with van der Waals surface area (Å²) < 4.78 is 5.14. The molecular formula is C50H81N9O12S. The van der Waals surface area contributed by atoms with Gasteiger partial charge in [-0.1, -0.05) is 36.2 Å². The van der Waals surface area contributed by atoms with E-state index in [1.165, 1.54) is 27.8 Å². The van der Waals surface area contributed by atoms with Gasteiger partial charge < -0.3 is 35.6 Å². The maximum absolute atomic E-state index is 13.8. The number of unbranched alkanes of at least 4 members (excludes halogenated alkanes) is 2. The number of hydrogen-bond acceptors (Lipinski definition) is 15. The van der Waals surface area contributed by atoms with Crippen molar-refractivity contribution in [1.29, 1.82) is 0 Å². The number of likely N-dealkylation sites (tertiary alicyclic amines) is 1. The SMILES string of the molecule is COCCCCN1CCN(C(=O)CCCN2C(=O)CC(SC(CCCCNC(=O)CCCc3ccc(C)cc3)CNC(=O)CN3CCN(CC(=O)O)CCN(CC(=O)O)CCN(CC(=O)O)CC3)C2=O)CC1. The predicted molar refractivity (Wildman–Crippen MR) is 273 cm³/mol. The van der Waals surface area contributed by atoms with Gasteiger partial charge in [0.15, 0.2) is 0 Å². The lowest BCUT2D eigenvalue weighted by Gasteiger charge is -2.35. The number of aryl methyl sites for hydroxylation is 2. The lowest BCUT2D eigenvalue weighted by atomic mass is 10.1. The Morgan fingerprint density at radius 3 is 1.75 bits per heavy atom. The van der Waals surface area contributed by atoms with Crippen molar-refractivity contribution in [2.75, 3.05) is 145 Å². The van der Waals surface area contributed by atoms with Gasteiger partial charge in [-0.25, -0.2) is 0 Å². The average molecular weight is 1030 g/mol. The Kier molecular flexibility index (Phi) is 27.6. The molecule has 0 spiro atoms. The zero-order valence-corrected chi connectivity index (χ0v) is 43.5. The monoisotopic (exact) mass is 1030 g/mol. The topological polar surface area (TPSA) is 253 Å². The van der Waals surface area contributed by atoms with Crippen molar-refractivity contribution >= 4 is 59.2 Å². The molecule has 1 aromatic rings. The second-order valence-electron chi connectivity index (χ2n) is 19.1. The smallest absolute Gasteiger partial charge is 0.317 e. The number of thioether (sulfide) groups is 1. The number of aliphatic carboxylic acids is 3. The number of hydrogen-bond donors (Lipinski definition) is 5. The molecule has 0 radical (unpaired) electrons. The van der Waals surface area contributed by atoms with E-state index in [1.54, 1.807) is 21.8 Å². The Balaban J connectivity index is 1.33. The summed E-state index contributed by atoms with van der Waals surface area (Å²) >= 11 is 1.35. The minimum absolute atomic E-state index is 0.00834. The van der Waals surface area contributed by atoms with E-state index in [2.05, 4.69) is 39.8 Å². The Morgan fingerprint density at radius 1 is 0.639 bits per heavy atom. The number of nitrogens with zero attached hydrogens (tertiary/aromatic N) is 7. The molecule has 3 saturated heterocycles. The molecule has 5 amide bonds. The van der Waals surface area contributed by atoms with E-state index >= 15 is 0 Å². The van der Waals surface area contributed by atoms with Crippen LogP contribution < -0.4 is 10.6 Å². The number of benzene rings is 1. The van der Waals surface area contributed by atoms with Crippen molar-refractivity contribution in [3.8, 4) is 0 Å². The summed E-state index contributed by atoms with van der Waals surface area (Å²) in [5.74, 6) is -4.08. The van der Waals surface area contributed by atoms with Crippen molar-refractivity contribution in [3.05, 3.63) is 35.4 Å². The largest absolute Gasteiger partial charge is 0.480 e. The summed E-state index contributed by atoms with van der Waals surface area (Å²) in [6.07, 6.45) is 6.51. The van der Waals surface area contributed by atoms with E-state index < -0.39 is 23.2 Å². The van der Waals surface area contributed by atoms with Crippen LogP contribution in [-0.2, 0) is 49.5 Å². The quantitative estimate of drug-likeness (QED) is 0.0527. The number of carbonyl (C=O) groups is 8. The summed E-state index contributed by atoms with van der Waals surface area (Å²) in [6.45, 7) is 8.63. The van der Waals surface area contributed by atoms with Crippen LogP contribution in [0, 0.1) is 6.92 Å². The molecular weight excluding hydrogens is 951 g/mol. The van der Waals surface area contributed by atoms with Gasteiger partial charge in [-0.15, -0.1) is 11.8 Å². The number of carboxylic acids is 3. The zero-order valence-electron chi connectivity index (χ0n) is 42.6. The summed E-state index contributed by atoms with van der Waals surface area (Å²) in [5.41, 5.74) is 2.37. The van der Waals surface area contributed by atoms with Crippen LogP contribution >= 0.6 is 11.8 Å². The van der Waals surface area contributed by atoms with Gasteiger partial charge >= 0.3 is 17.9 Å². The summed E-state index contributed by atoms with van der Waals surface area (Å²) in [4.78, 5) is 114. The molecule has 2 atom stereocenters. The van der Waals surface area contributed by atoms with E-state index in [9.17, 15) is 53.7 Å². The first-order chi connectivity index (χ1) is 34.6. The van der Waals surface area contributed by atoms with Crippen LogP contribution in [0.5, 0.6) is 0 Å². The first-order valence-corrected chi connectivity index (χ1v) is 26.6. The van der Waals surface area contributed by atoms with Gasteiger partial charge in [-0.3, -0.25) is 67.8 Å². The van der Waals surface area contributed by atoms with Gasteiger partial charge in [-0.2, -0.15) is 0 Å². The molecule has 3 aliphatic rings. The molecule has 0 aromatic heterocycles. The average Bonchev–Trinajstić information content (AvgIpc) is 3.60. The van der Waals surface area contributed by atoms with Crippen molar-refractivity contribution in [3.63, 3.8) is 0 Å². The Labute approximate surface area is 429 Å². The molecule has 0 aliphatic carbocycles. The molecule has 2 unspecified atom stereocenters. The van der Waals surface area contributed by atoms with Crippen LogP contribution in [0.3, 0.4) is 0 Å². The summed E-state index contributed by atoms with van der Waals surface area (Å²) in [5, 5.41) is 33.8. The molecule has 5 N–H and O–H groups in total.